The second-order valence-corrected chi connectivity index (χ2v) is 7.43. The van der Waals surface area contributed by atoms with E-state index in [4.69, 9.17) is 11.6 Å². The number of hydrogen-bond donors (Lipinski definition) is 1. The van der Waals surface area contributed by atoms with Gasteiger partial charge in [-0.25, -0.2) is 4.98 Å². The third kappa shape index (κ3) is 4.43. The van der Waals surface area contributed by atoms with E-state index in [0.29, 0.717) is 26.2 Å². The van der Waals surface area contributed by atoms with Gasteiger partial charge in [-0.2, -0.15) is 5.10 Å². The average Bonchev–Trinajstić information content (AvgIpc) is 2.98. The largest absolute Gasteiger partial charge is 0.386 e. The van der Waals surface area contributed by atoms with Gasteiger partial charge in [0.15, 0.2) is 0 Å². The Morgan fingerprint density at radius 3 is 2.35 bits per heavy atom. The number of amides is 1. The molecule has 130 valence electrons. The first-order valence-corrected chi connectivity index (χ1v) is 8.39. The van der Waals surface area contributed by atoms with Gasteiger partial charge in [0.1, 0.15) is 24.1 Å². The van der Waals surface area contributed by atoms with E-state index in [2.05, 4.69) is 15.0 Å². The summed E-state index contributed by atoms with van der Waals surface area (Å²) in [5, 5.41) is 15.4. The summed E-state index contributed by atoms with van der Waals surface area (Å²) in [6.07, 6.45) is 3.09. The highest BCUT2D eigenvalue weighted by atomic mass is 35.5. The van der Waals surface area contributed by atoms with E-state index in [9.17, 15) is 9.90 Å². The van der Waals surface area contributed by atoms with Crippen LogP contribution in [0.3, 0.4) is 0 Å². The van der Waals surface area contributed by atoms with Gasteiger partial charge in [-0.3, -0.25) is 14.4 Å². The molecule has 1 unspecified atom stereocenters. The second kappa shape index (κ2) is 7.15. The van der Waals surface area contributed by atoms with E-state index in [1.807, 2.05) is 20.8 Å². The van der Waals surface area contributed by atoms with Crippen LogP contribution in [0.2, 0.25) is 0 Å². The third-order valence-corrected chi connectivity index (χ3v) is 4.84. The average molecular weight is 344 g/mol. The summed E-state index contributed by atoms with van der Waals surface area (Å²) < 4.78 is 1.67. The molecule has 0 aromatic carbocycles. The SMILES string of the molecule is CC(C)(C)C(O)(CN1CCN(C(=O)CCl)CC1)Cn1cncn1. The van der Waals surface area contributed by atoms with Crippen molar-refractivity contribution in [2.24, 2.45) is 5.41 Å². The molecule has 0 spiro atoms. The molecule has 7 nitrogen and oxygen atoms in total. The molecule has 23 heavy (non-hydrogen) atoms. The zero-order valence-electron chi connectivity index (χ0n) is 14.1. The van der Waals surface area contributed by atoms with Crippen LogP contribution in [0.25, 0.3) is 0 Å². The van der Waals surface area contributed by atoms with Crippen LogP contribution in [0.1, 0.15) is 20.8 Å². The zero-order valence-corrected chi connectivity index (χ0v) is 14.8. The fourth-order valence-corrected chi connectivity index (χ4v) is 2.89. The highest BCUT2D eigenvalue weighted by Crippen LogP contribution is 2.33. The number of aliphatic hydroxyl groups is 1. The maximum absolute atomic E-state index is 11.6. The van der Waals surface area contributed by atoms with Crippen LogP contribution in [-0.4, -0.2) is 79.8 Å². The van der Waals surface area contributed by atoms with Crippen LogP contribution < -0.4 is 0 Å². The molecule has 0 aliphatic carbocycles. The molecule has 0 radical (unpaired) electrons. The number of alkyl halides is 1. The predicted molar refractivity (Wildman–Crippen MR) is 88.2 cm³/mol. The first kappa shape index (κ1) is 18.2. The summed E-state index contributed by atoms with van der Waals surface area (Å²) in [6, 6.07) is 0. The number of halogens is 1. The van der Waals surface area contributed by atoms with Crippen molar-refractivity contribution in [3.63, 3.8) is 0 Å². The van der Waals surface area contributed by atoms with E-state index in [1.165, 1.54) is 6.33 Å². The van der Waals surface area contributed by atoms with Gasteiger partial charge in [0.2, 0.25) is 5.91 Å². The fraction of sp³-hybridized carbons (Fsp3) is 0.800. The van der Waals surface area contributed by atoms with Crippen molar-refractivity contribution in [1.29, 1.82) is 0 Å². The predicted octanol–water partition coefficient (Wildman–Crippen LogP) is 0.438. The maximum Gasteiger partial charge on any atom is 0.237 e. The van der Waals surface area contributed by atoms with Crippen LogP contribution in [0, 0.1) is 5.41 Å². The molecule has 0 saturated carbocycles. The number of hydrogen-bond acceptors (Lipinski definition) is 5. The van der Waals surface area contributed by atoms with Crippen molar-refractivity contribution in [3.8, 4) is 0 Å². The normalized spacial score (nSPS) is 19.6. The van der Waals surface area contributed by atoms with Crippen LogP contribution in [0.15, 0.2) is 12.7 Å². The molecule has 1 amide bonds. The lowest BCUT2D eigenvalue weighted by molar-refractivity contribution is -0.132. The van der Waals surface area contributed by atoms with E-state index in [-0.39, 0.29) is 17.2 Å². The Labute approximate surface area is 142 Å². The van der Waals surface area contributed by atoms with Crippen molar-refractivity contribution in [2.45, 2.75) is 32.9 Å². The number of β-amino-alcohol motifs (C(OH)–C–C–N with tert-alkyl or cyclic N) is 1. The fourth-order valence-electron chi connectivity index (χ4n) is 2.72. The van der Waals surface area contributed by atoms with Gasteiger partial charge in [0.05, 0.1) is 6.54 Å². The Balaban J connectivity index is 2.01. The van der Waals surface area contributed by atoms with E-state index in [1.54, 1.807) is 15.9 Å². The molecule has 2 rings (SSSR count). The van der Waals surface area contributed by atoms with Gasteiger partial charge < -0.3 is 10.0 Å². The first-order chi connectivity index (χ1) is 10.7. The lowest BCUT2D eigenvalue weighted by atomic mass is 9.76. The minimum absolute atomic E-state index is 0.0260. The molecule has 1 aromatic rings. The summed E-state index contributed by atoms with van der Waals surface area (Å²) in [6.45, 7) is 9.75. The summed E-state index contributed by atoms with van der Waals surface area (Å²) in [4.78, 5) is 19.6. The number of carbonyl (C=O) groups is 1. The van der Waals surface area contributed by atoms with Crippen molar-refractivity contribution in [3.05, 3.63) is 12.7 Å². The van der Waals surface area contributed by atoms with E-state index in [0.717, 1.165) is 13.1 Å². The Bertz CT molecular complexity index is 508. The Morgan fingerprint density at radius 1 is 1.22 bits per heavy atom. The molecule has 1 atom stereocenters. The zero-order chi connectivity index (χ0) is 17.1. The molecule has 1 aromatic heterocycles. The van der Waals surface area contributed by atoms with Crippen molar-refractivity contribution < 1.29 is 9.90 Å². The Hall–Kier alpha value is -1.18. The number of nitrogens with zero attached hydrogens (tertiary/aromatic N) is 5. The number of rotatable bonds is 5. The minimum atomic E-state index is -0.945. The lowest BCUT2D eigenvalue weighted by Crippen LogP contribution is -2.58. The summed E-state index contributed by atoms with van der Waals surface area (Å²) in [5.74, 6) is -0.00174. The van der Waals surface area contributed by atoms with Crippen LogP contribution in [0.4, 0.5) is 0 Å². The molecule has 1 aliphatic heterocycles. The molecule has 1 saturated heterocycles. The number of carbonyl (C=O) groups excluding carboxylic acids is 1. The van der Waals surface area contributed by atoms with Gasteiger partial charge in [0.25, 0.3) is 0 Å². The monoisotopic (exact) mass is 343 g/mol. The topological polar surface area (TPSA) is 74.5 Å². The molecular weight excluding hydrogens is 318 g/mol. The minimum Gasteiger partial charge on any atom is -0.386 e. The summed E-state index contributed by atoms with van der Waals surface area (Å²) in [5.41, 5.74) is -1.26. The van der Waals surface area contributed by atoms with Gasteiger partial charge in [-0.15, -0.1) is 11.6 Å². The molecule has 8 heteroatoms. The van der Waals surface area contributed by atoms with E-state index >= 15 is 0 Å². The highest BCUT2D eigenvalue weighted by Gasteiger charge is 2.42. The smallest absolute Gasteiger partial charge is 0.237 e. The molecule has 1 fully saturated rings. The highest BCUT2D eigenvalue weighted by molar-refractivity contribution is 6.27. The maximum atomic E-state index is 11.6. The number of piperazine rings is 1. The first-order valence-electron chi connectivity index (χ1n) is 7.86. The van der Waals surface area contributed by atoms with Crippen LogP contribution in [-0.2, 0) is 11.3 Å². The van der Waals surface area contributed by atoms with Crippen molar-refractivity contribution in [2.75, 3.05) is 38.6 Å². The molecule has 2 heterocycles. The molecule has 0 bridgehead atoms. The third-order valence-electron chi connectivity index (χ3n) is 4.61. The van der Waals surface area contributed by atoms with Crippen LogP contribution >= 0.6 is 11.6 Å². The van der Waals surface area contributed by atoms with Gasteiger partial charge >= 0.3 is 0 Å². The number of aromatic nitrogens is 3. The van der Waals surface area contributed by atoms with Gasteiger partial charge in [-0.1, -0.05) is 20.8 Å². The summed E-state index contributed by atoms with van der Waals surface area (Å²) in [7, 11) is 0. The lowest BCUT2D eigenvalue weighted by Gasteiger charge is -2.45. The van der Waals surface area contributed by atoms with Gasteiger partial charge in [0, 0.05) is 32.7 Å². The van der Waals surface area contributed by atoms with Crippen molar-refractivity contribution >= 4 is 17.5 Å². The van der Waals surface area contributed by atoms with Crippen molar-refractivity contribution in [1.82, 2.24) is 24.6 Å². The van der Waals surface area contributed by atoms with Gasteiger partial charge in [-0.05, 0) is 5.41 Å². The molecular formula is C15H26ClN5O2. The standard InChI is InChI=1S/C15H26ClN5O2/c1-14(2,3)15(23,10-21-12-17-11-18-21)9-19-4-6-20(7-5-19)13(22)8-16/h11-12,23H,4-10H2,1-3H3. The Morgan fingerprint density at radius 2 is 1.87 bits per heavy atom. The molecule has 1 N–H and O–H groups in total. The quantitative estimate of drug-likeness (QED) is 0.785. The van der Waals surface area contributed by atoms with E-state index < -0.39 is 5.60 Å². The molecule has 1 aliphatic rings. The Kier molecular flexibility index (Phi) is 5.65. The van der Waals surface area contributed by atoms with Crippen LogP contribution in [0.5, 0.6) is 0 Å². The summed E-state index contributed by atoms with van der Waals surface area (Å²) >= 11 is 5.61. The second-order valence-electron chi connectivity index (χ2n) is 7.17.